The number of aromatic nitrogens is 5. The fourth-order valence-corrected chi connectivity index (χ4v) is 2.77. The summed E-state index contributed by atoms with van der Waals surface area (Å²) in [6.07, 6.45) is 1.56. The zero-order valence-electron chi connectivity index (χ0n) is 17.2. The molecule has 0 saturated heterocycles. The van der Waals surface area contributed by atoms with Crippen molar-refractivity contribution in [2.45, 2.75) is 26.2 Å². The Bertz CT molecular complexity index is 1300. The van der Waals surface area contributed by atoms with E-state index in [-0.39, 0.29) is 11.4 Å². The van der Waals surface area contributed by atoms with Gasteiger partial charge in [0.05, 0.1) is 5.69 Å². The van der Waals surface area contributed by atoms with Gasteiger partial charge in [0.2, 0.25) is 11.6 Å². The number of nitriles is 1. The van der Waals surface area contributed by atoms with E-state index in [0.717, 1.165) is 9.13 Å². The van der Waals surface area contributed by atoms with Crippen molar-refractivity contribution < 1.29 is 5.11 Å². The minimum atomic E-state index is -0.821. The van der Waals surface area contributed by atoms with Crippen LogP contribution in [0.5, 0.6) is 5.88 Å². The Balaban J connectivity index is 2.30. The minimum absolute atomic E-state index is 0.0523. The van der Waals surface area contributed by atoms with Crippen molar-refractivity contribution >= 4 is 11.5 Å². The van der Waals surface area contributed by atoms with Crippen LogP contribution in [-0.2, 0) is 19.5 Å². The van der Waals surface area contributed by atoms with E-state index in [1.54, 1.807) is 24.4 Å². The number of aromatic hydroxyl groups is 1. The van der Waals surface area contributed by atoms with Crippen molar-refractivity contribution in [3.63, 3.8) is 0 Å². The molecule has 11 heteroatoms. The molecule has 0 aliphatic rings. The Hall–Kier alpha value is -4.07. The van der Waals surface area contributed by atoms with Crippen molar-refractivity contribution in [1.29, 1.82) is 5.26 Å². The SMILES string of the molecule is Cn1c(O)c(N=Nc2c(C#N)c(C(C)(C)C)nn2-c2ccccn2)c(=O)n(C)c1=O. The topological polar surface area (TPSA) is 143 Å². The molecule has 0 unspecified atom stereocenters. The van der Waals surface area contributed by atoms with Crippen LogP contribution >= 0.6 is 0 Å². The van der Waals surface area contributed by atoms with Gasteiger partial charge >= 0.3 is 5.69 Å². The normalized spacial score (nSPS) is 11.7. The second kappa shape index (κ2) is 7.40. The van der Waals surface area contributed by atoms with Gasteiger partial charge in [-0.25, -0.2) is 9.78 Å². The summed E-state index contributed by atoms with van der Waals surface area (Å²) in [6.45, 7) is 5.69. The maximum absolute atomic E-state index is 12.4. The maximum atomic E-state index is 12.4. The van der Waals surface area contributed by atoms with Gasteiger partial charge in [-0.05, 0) is 12.1 Å². The molecule has 3 aromatic heterocycles. The third kappa shape index (κ3) is 3.39. The number of rotatable bonds is 3. The summed E-state index contributed by atoms with van der Waals surface area (Å²) in [5.41, 5.74) is -1.81. The Kier molecular flexibility index (Phi) is 5.09. The zero-order chi connectivity index (χ0) is 22.2. The molecule has 0 amide bonds. The summed E-state index contributed by atoms with van der Waals surface area (Å²) in [7, 11) is 2.56. The highest BCUT2D eigenvalue weighted by Gasteiger charge is 2.28. The Morgan fingerprint density at radius 1 is 1.13 bits per heavy atom. The third-order valence-electron chi connectivity index (χ3n) is 4.40. The molecule has 0 radical (unpaired) electrons. The summed E-state index contributed by atoms with van der Waals surface area (Å²) >= 11 is 0. The van der Waals surface area contributed by atoms with Gasteiger partial charge in [0.25, 0.3) is 5.56 Å². The molecule has 0 saturated carbocycles. The molecule has 3 rings (SSSR count). The molecular formula is C19H20N8O3. The van der Waals surface area contributed by atoms with Crippen LogP contribution in [0, 0.1) is 11.3 Å². The molecule has 1 N–H and O–H groups in total. The van der Waals surface area contributed by atoms with Crippen LogP contribution in [0.1, 0.15) is 32.0 Å². The zero-order valence-corrected chi connectivity index (χ0v) is 17.2. The number of nitrogens with zero attached hydrogens (tertiary/aromatic N) is 8. The smallest absolute Gasteiger partial charge is 0.333 e. The Morgan fingerprint density at radius 3 is 2.40 bits per heavy atom. The van der Waals surface area contributed by atoms with Crippen LogP contribution in [0.25, 0.3) is 5.82 Å². The standard InChI is InChI=1S/C19H20N8O3/c1-19(2,3)14-11(10-20)15(27(24-14)12-8-6-7-9-21-12)23-22-13-16(28)25(4)18(30)26(5)17(13)29/h6-9,28H,1-5H3. The highest BCUT2D eigenvalue weighted by Crippen LogP contribution is 2.34. The summed E-state index contributed by atoms with van der Waals surface area (Å²) in [6, 6.07) is 7.26. The molecule has 3 aromatic rings. The average molecular weight is 408 g/mol. The fraction of sp³-hybridized carbons (Fsp3) is 0.316. The first-order chi connectivity index (χ1) is 14.1. The maximum Gasteiger partial charge on any atom is 0.333 e. The molecule has 0 aromatic carbocycles. The largest absolute Gasteiger partial charge is 0.493 e. The number of hydrogen-bond acceptors (Lipinski definition) is 8. The first-order valence-electron chi connectivity index (χ1n) is 8.93. The summed E-state index contributed by atoms with van der Waals surface area (Å²) in [4.78, 5) is 28.6. The van der Waals surface area contributed by atoms with E-state index >= 15 is 0 Å². The molecule has 3 heterocycles. The van der Waals surface area contributed by atoms with Gasteiger partial charge in [0.1, 0.15) is 11.6 Å². The molecule has 0 aliphatic carbocycles. The number of azo groups is 1. The predicted molar refractivity (Wildman–Crippen MR) is 108 cm³/mol. The molecule has 0 spiro atoms. The quantitative estimate of drug-likeness (QED) is 0.656. The molecule has 0 bridgehead atoms. The number of hydrogen-bond donors (Lipinski definition) is 1. The minimum Gasteiger partial charge on any atom is -0.493 e. The second-order valence-corrected chi connectivity index (χ2v) is 7.59. The van der Waals surface area contributed by atoms with Crippen molar-refractivity contribution in [1.82, 2.24) is 23.9 Å². The van der Waals surface area contributed by atoms with E-state index in [1.165, 1.54) is 18.8 Å². The highest BCUT2D eigenvalue weighted by atomic mass is 16.3. The van der Waals surface area contributed by atoms with Crippen molar-refractivity contribution in [2.75, 3.05) is 0 Å². The predicted octanol–water partition coefficient (Wildman–Crippen LogP) is 1.95. The van der Waals surface area contributed by atoms with Crippen LogP contribution < -0.4 is 11.2 Å². The van der Waals surface area contributed by atoms with Gasteiger partial charge in [-0.3, -0.25) is 13.9 Å². The van der Waals surface area contributed by atoms with E-state index < -0.39 is 28.2 Å². The van der Waals surface area contributed by atoms with E-state index in [1.807, 2.05) is 20.8 Å². The first-order valence-corrected chi connectivity index (χ1v) is 8.93. The average Bonchev–Trinajstić information content (AvgIpc) is 3.10. The highest BCUT2D eigenvalue weighted by molar-refractivity contribution is 5.56. The van der Waals surface area contributed by atoms with Crippen LogP contribution in [0.3, 0.4) is 0 Å². The van der Waals surface area contributed by atoms with Gasteiger partial charge in [-0.1, -0.05) is 26.8 Å². The Morgan fingerprint density at radius 2 is 1.83 bits per heavy atom. The lowest BCUT2D eigenvalue weighted by Gasteiger charge is -2.14. The molecule has 0 aliphatic heterocycles. The van der Waals surface area contributed by atoms with Crippen LogP contribution in [0.4, 0.5) is 11.5 Å². The summed E-state index contributed by atoms with van der Waals surface area (Å²) in [5, 5.41) is 32.4. The van der Waals surface area contributed by atoms with Crippen LogP contribution in [-0.4, -0.2) is 29.0 Å². The Labute approximate surface area is 171 Å². The van der Waals surface area contributed by atoms with Crippen molar-refractivity contribution in [2.24, 2.45) is 24.3 Å². The molecule has 0 atom stereocenters. The fourth-order valence-electron chi connectivity index (χ4n) is 2.77. The van der Waals surface area contributed by atoms with Gasteiger partial charge in [0.15, 0.2) is 11.6 Å². The van der Waals surface area contributed by atoms with Gasteiger partial charge in [-0.15, -0.1) is 10.2 Å². The third-order valence-corrected chi connectivity index (χ3v) is 4.40. The lowest BCUT2D eigenvalue weighted by Crippen LogP contribution is -2.36. The lowest BCUT2D eigenvalue weighted by molar-refractivity contribution is 0.413. The van der Waals surface area contributed by atoms with E-state index in [4.69, 9.17) is 0 Å². The van der Waals surface area contributed by atoms with Crippen molar-refractivity contribution in [3.05, 3.63) is 56.5 Å². The van der Waals surface area contributed by atoms with Crippen molar-refractivity contribution in [3.8, 4) is 17.8 Å². The molecule has 0 fully saturated rings. The molecule has 154 valence electrons. The monoisotopic (exact) mass is 408 g/mol. The second-order valence-electron chi connectivity index (χ2n) is 7.59. The number of pyridine rings is 1. The van der Waals surface area contributed by atoms with Crippen LogP contribution in [0.2, 0.25) is 0 Å². The summed E-state index contributed by atoms with van der Waals surface area (Å²) < 4.78 is 3.03. The molecule has 11 nitrogen and oxygen atoms in total. The lowest BCUT2D eigenvalue weighted by atomic mass is 9.90. The van der Waals surface area contributed by atoms with Gasteiger partial charge in [-0.2, -0.15) is 15.0 Å². The van der Waals surface area contributed by atoms with Gasteiger partial charge in [0, 0.05) is 25.7 Å². The first kappa shape index (κ1) is 20.7. The van der Waals surface area contributed by atoms with Gasteiger partial charge < -0.3 is 5.11 Å². The summed E-state index contributed by atoms with van der Waals surface area (Å²) in [5.74, 6) is -0.183. The molecule has 30 heavy (non-hydrogen) atoms. The van der Waals surface area contributed by atoms with E-state index in [2.05, 4.69) is 26.4 Å². The van der Waals surface area contributed by atoms with Crippen LogP contribution in [0.15, 0.2) is 44.2 Å². The van der Waals surface area contributed by atoms with E-state index in [9.17, 15) is 20.0 Å². The molecular weight excluding hydrogens is 388 g/mol. The van der Waals surface area contributed by atoms with E-state index in [0.29, 0.717) is 11.5 Å².